The van der Waals surface area contributed by atoms with E-state index >= 15 is 0 Å². The molecule has 7 heteroatoms. The first-order valence-corrected chi connectivity index (χ1v) is 9.46. The lowest BCUT2D eigenvalue weighted by molar-refractivity contribution is -0.00683. The zero-order valence-electron chi connectivity index (χ0n) is 17.1. The number of rotatable bonds is 9. The van der Waals surface area contributed by atoms with Gasteiger partial charge in [-0.2, -0.15) is 0 Å². The number of guanidine groups is 1. The van der Waals surface area contributed by atoms with E-state index in [4.69, 9.17) is 9.73 Å². The van der Waals surface area contributed by atoms with E-state index in [1.165, 1.54) is 6.42 Å². The number of likely N-dealkylation sites (N-methyl/N-ethyl adjacent to an activating group) is 1. The van der Waals surface area contributed by atoms with Gasteiger partial charge in [0.05, 0.1) is 19.8 Å². The Labute approximate surface area is 172 Å². The first-order valence-electron chi connectivity index (χ1n) is 9.46. The fraction of sp³-hybridized carbons (Fsp3) is 0.944. The number of ether oxygens (including phenoxy) is 1. The predicted molar refractivity (Wildman–Crippen MR) is 118 cm³/mol. The van der Waals surface area contributed by atoms with E-state index in [1.54, 1.807) is 0 Å². The van der Waals surface area contributed by atoms with E-state index in [0.29, 0.717) is 6.04 Å². The van der Waals surface area contributed by atoms with Crippen LogP contribution in [0.4, 0.5) is 0 Å². The van der Waals surface area contributed by atoms with Gasteiger partial charge in [0.25, 0.3) is 0 Å². The van der Waals surface area contributed by atoms with Crippen LogP contribution in [0, 0.1) is 0 Å². The summed E-state index contributed by atoms with van der Waals surface area (Å²) in [6.45, 7) is 18.4. The fourth-order valence-electron chi connectivity index (χ4n) is 2.77. The molecule has 1 heterocycles. The van der Waals surface area contributed by atoms with Crippen molar-refractivity contribution in [2.24, 2.45) is 4.99 Å². The minimum Gasteiger partial charge on any atom is -0.379 e. The maximum absolute atomic E-state index is 5.46. The third kappa shape index (κ3) is 9.40. The average molecular weight is 469 g/mol. The molecule has 0 aromatic carbocycles. The molecule has 0 spiro atoms. The van der Waals surface area contributed by atoms with Gasteiger partial charge in [-0.15, -0.1) is 24.0 Å². The summed E-state index contributed by atoms with van der Waals surface area (Å²) >= 11 is 0. The van der Waals surface area contributed by atoms with E-state index in [9.17, 15) is 0 Å². The lowest BCUT2D eigenvalue weighted by atomic mass is 10.0. The fourth-order valence-corrected chi connectivity index (χ4v) is 2.77. The van der Waals surface area contributed by atoms with Gasteiger partial charge < -0.3 is 20.3 Å². The largest absolute Gasteiger partial charge is 0.379 e. The van der Waals surface area contributed by atoms with Crippen molar-refractivity contribution in [3.63, 3.8) is 0 Å². The molecule has 1 unspecified atom stereocenters. The van der Waals surface area contributed by atoms with Crippen LogP contribution < -0.4 is 10.6 Å². The molecule has 0 aromatic heterocycles. The molecule has 6 nitrogen and oxygen atoms in total. The van der Waals surface area contributed by atoms with Crippen molar-refractivity contribution in [2.45, 2.75) is 52.6 Å². The molecule has 0 amide bonds. The molecule has 1 rings (SSSR count). The standard InChI is InChI=1S/C18H39N5O.HI/c1-7-16(3)22(6)10-9-20-17(19-8-2)21-15-18(4,5)23-11-13-24-14-12-23;/h16H,7-15H2,1-6H3,(H2,19,20,21);1H. The van der Waals surface area contributed by atoms with Gasteiger partial charge >= 0.3 is 0 Å². The quantitative estimate of drug-likeness (QED) is 0.308. The second kappa shape index (κ2) is 13.1. The van der Waals surface area contributed by atoms with Gasteiger partial charge in [0.15, 0.2) is 5.96 Å². The third-order valence-electron chi connectivity index (χ3n) is 4.94. The molecule has 1 fully saturated rings. The molecular weight excluding hydrogens is 429 g/mol. The molecule has 1 aliphatic heterocycles. The molecule has 25 heavy (non-hydrogen) atoms. The van der Waals surface area contributed by atoms with Crippen molar-refractivity contribution in [1.82, 2.24) is 20.4 Å². The smallest absolute Gasteiger partial charge is 0.191 e. The summed E-state index contributed by atoms with van der Waals surface area (Å²) in [5.74, 6) is 0.913. The monoisotopic (exact) mass is 469 g/mol. The molecule has 2 N–H and O–H groups in total. The zero-order valence-corrected chi connectivity index (χ0v) is 19.4. The molecule has 0 aliphatic carbocycles. The highest BCUT2D eigenvalue weighted by Gasteiger charge is 2.28. The van der Waals surface area contributed by atoms with Crippen molar-refractivity contribution in [1.29, 1.82) is 0 Å². The van der Waals surface area contributed by atoms with Crippen molar-refractivity contribution >= 4 is 29.9 Å². The van der Waals surface area contributed by atoms with Gasteiger partial charge in [0.2, 0.25) is 0 Å². The van der Waals surface area contributed by atoms with Crippen LogP contribution in [0.1, 0.15) is 41.0 Å². The summed E-state index contributed by atoms with van der Waals surface area (Å²) in [4.78, 5) is 9.67. The Bertz CT molecular complexity index is 372. The molecule has 1 atom stereocenters. The number of nitrogens with one attached hydrogen (secondary N) is 2. The molecule has 0 radical (unpaired) electrons. The highest BCUT2D eigenvalue weighted by molar-refractivity contribution is 14.0. The number of halogens is 1. The normalized spacial score (nSPS) is 18.0. The SMILES string of the molecule is CCNC(=NCC(C)(C)N1CCOCC1)NCCN(C)C(C)CC.I. The first kappa shape index (κ1) is 24.9. The van der Waals surface area contributed by atoms with Crippen molar-refractivity contribution < 1.29 is 4.74 Å². The zero-order chi connectivity index (χ0) is 18.0. The van der Waals surface area contributed by atoms with Crippen LogP contribution in [0.25, 0.3) is 0 Å². The summed E-state index contributed by atoms with van der Waals surface area (Å²) in [5.41, 5.74) is 0.0552. The lowest BCUT2D eigenvalue weighted by Gasteiger charge is -2.39. The van der Waals surface area contributed by atoms with Crippen LogP contribution in [0.3, 0.4) is 0 Å². The summed E-state index contributed by atoms with van der Waals surface area (Å²) in [6.07, 6.45) is 1.18. The van der Waals surface area contributed by atoms with E-state index in [1.807, 2.05) is 0 Å². The minimum absolute atomic E-state index is 0. The first-order chi connectivity index (χ1) is 11.4. The highest BCUT2D eigenvalue weighted by atomic mass is 127. The maximum atomic E-state index is 5.46. The Kier molecular flexibility index (Phi) is 13.0. The Hall–Kier alpha value is -0.120. The Balaban J connectivity index is 0.00000576. The van der Waals surface area contributed by atoms with Crippen LogP contribution in [0.15, 0.2) is 4.99 Å². The van der Waals surface area contributed by atoms with E-state index in [0.717, 1.165) is 58.4 Å². The maximum Gasteiger partial charge on any atom is 0.191 e. The Morgan fingerprint density at radius 3 is 2.44 bits per heavy atom. The second-order valence-corrected chi connectivity index (χ2v) is 7.27. The molecule has 0 bridgehead atoms. The minimum atomic E-state index is 0. The molecule has 0 aromatic rings. The number of hydrogen-bond acceptors (Lipinski definition) is 4. The molecular formula is C18H40IN5O. The van der Waals surface area contributed by atoms with E-state index < -0.39 is 0 Å². The molecule has 1 aliphatic rings. The predicted octanol–water partition coefficient (Wildman–Crippen LogP) is 2.00. The van der Waals surface area contributed by atoms with Crippen LogP contribution in [0.2, 0.25) is 0 Å². The van der Waals surface area contributed by atoms with Crippen LogP contribution in [-0.2, 0) is 4.74 Å². The van der Waals surface area contributed by atoms with Gasteiger partial charge in [0, 0.05) is 44.3 Å². The van der Waals surface area contributed by atoms with Gasteiger partial charge in [0.1, 0.15) is 0 Å². The topological polar surface area (TPSA) is 52.1 Å². The Morgan fingerprint density at radius 2 is 1.88 bits per heavy atom. The lowest BCUT2D eigenvalue weighted by Crippen LogP contribution is -2.52. The highest BCUT2D eigenvalue weighted by Crippen LogP contribution is 2.16. The number of nitrogens with zero attached hydrogens (tertiary/aromatic N) is 3. The van der Waals surface area contributed by atoms with E-state index in [2.05, 4.69) is 62.1 Å². The number of hydrogen-bond donors (Lipinski definition) is 2. The van der Waals surface area contributed by atoms with Gasteiger partial charge in [-0.25, -0.2) is 0 Å². The Morgan fingerprint density at radius 1 is 1.24 bits per heavy atom. The van der Waals surface area contributed by atoms with Crippen molar-refractivity contribution in [3.8, 4) is 0 Å². The van der Waals surface area contributed by atoms with Crippen molar-refractivity contribution in [2.75, 3.05) is 59.5 Å². The van der Waals surface area contributed by atoms with E-state index in [-0.39, 0.29) is 29.5 Å². The van der Waals surface area contributed by atoms with Gasteiger partial charge in [-0.1, -0.05) is 6.92 Å². The molecule has 1 saturated heterocycles. The van der Waals surface area contributed by atoms with Crippen LogP contribution in [-0.4, -0.2) is 86.9 Å². The van der Waals surface area contributed by atoms with Crippen molar-refractivity contribution in [3.05, 3.63) is 0 Å². The van der Waals surface area contributed by atoms with Crippen LogP contribution >= 0.6 is 24.0 Å². The molecule has 150 valence electrons. The third-order valence-corrected chi connectivity index (χ3v) is 4.94. The number of morpholine rings is 1. The summed E-state index contributed by atoms with van der Waals surface area (Å²) in [7, 11) is 2.18. The average Bonchev–Trinajstić information content (AvgIpc) is 2.59. The summed E-state index contributed by atoms with van der Waals surface area (Å²) in [5, 5.41) is 6.81. The number of aliphatic imine (C=N–C) groups is 1. The van der Waals surface area contributed by atoms with Gasteiger partial charge in [-0.3, -0.25) is 9.89 Å². The summed E-state index contributed by atoms with van der Waals surface area (Å²) < 4.78 is 5.46. The van der Waals surface area contributed by atoms with Gasteiger partial charge in [-0.05, 0) is 41.2 Å². The summed E-state index contributed by atoms with van der Waals surface area (Å²) in [6, 6.07) is 0.617. The van der Waals surface area contributed by atoms with Crippen LogP contribution in [0.5, 0.6) is 0 Å². The second-order valence-electron chi connectivity index (χ2n) is 7.27. The molecule has 0 saturated carbocycles.